The average molecular weight is 208 g/mol. The lowest BCUT2D eigenvalue weighted by atomic mass is 9.93. The van der Waals surface area contributed by atoms with Crippen molar-refractivity contribution in [1.29, 1.82) is 0 Å². The van der Waals surface area contributed by atoms with Crippen LogP contribution in [-0.2, 0) is 11.8 Å². The van der Waals surface area contributed by atoms with E-state index in [4.69, 9.17) is 4.74 Å². The summed E-state index contributed by atoms with van der Waals surface area (Å²) in [4.78, 5) is 16.2. The number of rotatable bonds is 3. The van der Waals surface area contributed by atoms with Crippen LogP contribution in [0.4, 0.5) is 0 Å². The molecule has 0 amide bonds. The van der Waals surface area contributed by atoms with Crippen molar-refractivity contribution in [2.24, 2.45) is 13.0 Å². The highest BCUT2D eigenvalue weighted by molar-refractivity contribution is 5.96. The van der Waals surface area contributed by atoms with Crippen molar-refractivity contribution in [3.63, 3.8) is 0 Å². The van der Waals surface area contributed by atoms with Gasteiger partial charge in [0.15, 0.2) is 5.78 Å². The normalized spacial score (nSPS) is 25.7. The van der Waals surface area contributed by atoms with Crippen molar-refractivity contribution in [2.75, 3.05) is 6.61 Å². The summed E-state index contributed by atoms with van der Waals surface area (Å²) in [6, 6.07) is 0. The lowest BCUT2D eigenvalue weighted by Gasteiger charge is -2.13. The van der Waals surface area contributed by atoms with Gasteiger partial charge in [-0.3, -0.25) is 4.79 Å². The maximum atomic E-state index is 12.1. The fourth-order valence-corrected chi connectivity index (χ4v) is 2.08. The lowest BCUT2D eigenvalue weighted by Crippen LogP contribution is -2.24. The number of carbonyl (C=O) groups excluding carboxylic acids is 1. The first-order valence-corrected chi connectivity index (χ1v) is 5.36. The van der Waals surface area contributed by atoms with Gasteiger partial charge in [-0.15, -0.1) is 0 Å². The number of ketones is 1. The van der Waals surface area contributed by atoms with Crippen LogP contribution in [0, 0.1) is 5.92 Å². The molecule has 0 aliphatic carbocycles. The Balaban J connectivity index is 2.13. The second-order valence-corrected chi connectivity index (χ2v) is 4.00. The third-order valence-electron chi connectivity index (χ3n) is 2.91. The maximum absolute atomic E-state index is 12.1. The molecule has 1 fully saturated rings. The summed E-state index contributed by atoms with van der Waals surface area (Å²) in [6.07, 6.45) is 5.23. The summed E-state index contributed by atoms with van der Waals surface area (Å²) in [7, 11) is 1.87. The van der Waals surface area contributed by atoms with Crippen LogP contribution in [0.15, 0.2) is 12.5 Å². The maximum Gasteiger partial charge on any atom is 0.188 e. The van der Waals surface area contributed by atoms with Crippen LogP contribution in [0.2, 0.25) is 0 Å². The quantitative estimate of drug-likeness (QED) is 0.705. The summed E-state index contributed by atoms with van der Waals surface area (Å²) in [5.41, 5.74) is 0.562. The van der Waals surface area contributed by atoms with Crippen molar-refractivity contribution in [1.82, 2.24) is 9.55 Å². The van der Waals surface area contributed by atoms with Crippen molar-refractivity contribution >= 4 is 5.78 Å². The summed E-state index contributed by atoms with van der Waals surface area (Å²) >= 11 is 0. The van der Waals surface area contributed by atoms with E-state index in [0.717, 1.165) is 12.8 Å². The molecule has 1 aliphatic rings. The highest BCUT2D eigenvalue weighted by Gasteiger charge is 2.34. The second-order valence-electron chi connectivity index (χ2n) is 4.00. The number of aromatic nitrogens is 2. The van der Waals surface area contributed by atoms with E-state index >= 15 is 0 Å². The van der Waals surface area contributed by atoms with Gasteiger partial charge < -0.3 is 9.30 Å². The molecule has 0 radical (unpaired) electrons. The third kappa shape index (κ3) is 1.95. The SMILES string of the molecule is CCC1OCCC1C(=O)c1cn(C)cn1. The molecule has 0 N–H and O–H groups in total. The Bertz CT molecular complexity index is 359. The number of nitrogens with zero attached hydrogens (tertiary/aromatic N) is 2. The number of hydrogen-bond acceptors (Lipinski definition) is 3. The molecule has 2 rings (SSSR count). The summed E-state index contributed by atoms with van der Waals surface area (Å²) in [5.74, 6) is 0.129. The van der Waals surface area contributed by atoms with Crippen LogP contribution >= 0.6 is 0 Å². The van der Waals surface area contributed by atoms with Gasteiger partial charge in [0, 0.05) is 19.9 Å². The molecule has 2 heterocycles. The standard InChI is InChI=1S/C11H16N2O2/c1-3-10-8(4-5-15-10)11(14)9-6-13(2)7-12-9/h6-8,10H,3-5H2,1-2H3. The largest absolute Gasteiger partial charge is 0.377 e. The topological polar surface area (TPSA) is 44.1 Å². The van der Waals surface area contributed by atoms with Crippen molar-refractivity contribution in [2.45, 2.75) is 25.9 Å². The predicted molar refractivity (Wildman–Crippen MR) is 55.7 cm³/mol. The highest BCUT2D eigenvalue weighted by Crippen LogP contribution is 2.26. The van der Waals surface area contributed by atoms with Gasteiger partial charge in [-0.2, -0.15) is 0 Å². The molecule has 82 valence electrons. The number of ether oxygens (including phenoxy) is 1. The Hall–Kier alpha value is -1.16. The Kier molecular flexibility index (Phi) is 2.86. The van der Waals surface area contributed by atoms with Crippen LogP contribution in [0.1, 0.15) is 30.3 Å². The summed E-state index contributed by atoms with van der Waals surface area (Å²) in [5, 5.41) is 0. The van der Waals surface area contributed by atoms with E-state index < -0.39 is 0 Å². The second kappa shape index (κ2) is 4.14. The Morgan fingerprint density at radius 3 is 3.13 bits per heavy atom. The molecule has 2 unspecified atom stereocenters. The van der Waals surface area contributed by atoms with Gasteiger partial charge in [0.05, 0.1) is 18.3 Å². The number of aryl methyl sites for hydroxylation is 1. The molecule has 1 aliphatic heterocycles. The summed E-state index contributed by atoms with van der Waals surface area (Å²) < 4.78 is 7.30. The molecule has 0 bridgehead atoms. The zero-order valence-corrected chi connectivity index (χ0v) is 9.14. The van der Waals surface area contributed by atoms with Crippen LogP contribution in [-0.4, -0.2) is 28.0 Å². The van der Waals surface area contributed by atoms with Crippen molar-refractivity contribution < 1.29 is 9.53 Å². The fraction of sp³-hybridized carbons (Fsp3) is 0.636. The van der Waals surface area contributed by atoms with Gasteiger partial charge in [-0.25, -0.2) is 4.98 Å². The van der Waals surface area contributed by atoms with Crippen molar-refractivity contribution in [3.8, 4) is 0 Å². The van der Waals surface area contributed by atoms with Gasteiger partial charge in [-0.05, 0) is 12.8 Å². The first-order valence-electron chi connectivity index (χ1n) is 5.36. The van der Waals surface area contributed by atoms with E-state index in [0.29, 0.717) is 12.3 Å². The van der Waals surface area contributed by atoms with Crippen LogP contribution < -0.4 is 0 Å². The zero-order valence-electron chi connectivity index (χ0n) is 9.14. The van der Waals surface area contributed by atoms with Gasteiger partial charge in [0.25, 0.3) is 0 Å². The molecule has 4 nitrogen and oxygen atoms in total. The number of hydrogen-bond donors (Lipinski definition) is 0. The smallest absolute Gasteiger partial charge is 0.188 e. The monoisotopic (exact) mass is 208 g/mol. The Morgan fingerprint density at radius 2 is 2.53 bits per heavy atom. The Morgan fingerprint density at radius 1 is 1.73 bits per heavy atom. The van der Waals surface area contributed by atoms with Crippen molar-refractivity contribution in [3.05, 3.63) is 18.2 Å². The average Bonchev–Trinajstić information content (AvgIpc) is 2.84. The first kappa shape index (κ1) is 10.4. The predicted octanol–water partition coefficient (Wildman–Crippen LogP) is 1.42. The Labute approximate surface area is 89.3 Å². The van der Waals surface area contributed by atoms with E-state index in [1.807, 2.05) is 7.05 Å². The third-order valence-corrected chi connectivity index (χ3v) is 2.91. The molecule has 0 saturated carbocycles. The zero-order chi connectivity index (χ0) is 10.8. The van der Waals surface area contributed by atoms with E-state index in [-0.39, 0.29) is 17.8 Å². The van der Waals surface area contributed by atoms with Gasteiger partial charge in [0.1, 0.15) is 5.69 Å². The number of carbonyl (C=O) groups is 1. The minimum atomic E-state index is 0.00454. The molecule has 1 aromatic rings. The fourth-order valence-electron chi connectivity index (χ4n) is 2.08. The summed E-state index contributed by atoms with van der Waals surface area (Å²) in [6.45, 7) is 2.75. The molecular weight excluding hydrogens is 192 g/mol. The van der Waals surface area contributed by atoms with Crippen LogP contribution in [0.25, 0.3) is 0 Å². The molecule has 4 heteroatoms. The van der Waals surface area contributed by atoms with Gasteiger partial charge in [-0.1, -0.05) is 6.92 Å². The van der Waals surface area contributed by atoms with E-state index in [1.165, 1.54) is 0 Å². The molecule has 0 aromatic carbocycles. The molecular formula is C11H16N2O2. The van der Waals surface area contributed by atoms with Gasteiger partial charge in [0.2, 0.25) is 0 Å². The molecule has 15 heavy (non-hydrogen) atoms. The van der Waals surface area contributed by atoms with E-state index in [2.05, 4.69) is 11.9 Å². The first-order chi connectivity index (χ1) is 7.22. The number of Topliss-reactive ketones (excluding diaryl/α,β-unsaturated/α-hetero) is 1. The minimum Gasteiger partial charge on any atom is -0.377 e. The van der Waals surface area contributed by atoms with Gasteiger partial charge >= 0.3 is 0 Å². The molecule has 2 atom stereocenters. The lowest BCUT2D eigenvalue weighted by molar-refractivity contribution is 0.0685. The van der Waals surface area contributed by atoms with E-state index in [9.17, 15) is 4.79 Å². The molecule has 1 saturated heterocycles. The van der Waals surface area contributed by atoms with Crippen LogP contribution in [0.5, 0.6) is 0 Å². The van der Waals surface area contributed by atoms with E-state index in [1.54, 1.807) is 17.1 Å². The number of imidazole rings is 1. The van der Waals surface area contributed by atoms with Crippen LogP contribution in [0.3, 0.4) is 0 Å². The highest BCUT2D eigenvalue weighted by atomic mass is 16.5. The molecule has 1 aromatic heterocycles. The minimum absolute atomic E-state index is 0.00454. The molecule has 0 spiro atoms.